The second-order valence-corrected chi connectivity index (χ2v) is 6.63. The van der Waals surface area contributed by atoms with Gasteiger partial charge in [0.15, 0.2) is 0 Å². The highest BCUT2D eigenvalue weighted by atomic mass is 16.5. The van der Waals surface area contributed by atoms with Gasteiger partial charge in [0.2, 0.25) is 0 Å². The number of methoxy groups -OCH3 is 1. The molecular formula is C21H20N4O3. The van der Waals surface area contributed by atoms with E-state index in [1.54, 1.807) is 24.9 Å². The Balaban J connectivity index is 1.93. The SMILES string of the molecule is COc1cccc(Cc2c3c(=O)n(C)[nH]c3cc(=O)n2Cc2ccccn2)c1. The van der Waals surface area contributed by atoms with Crippen LogP contribution >= 0.6 is 0 Å². The predicted molar refractivity (Wildman–Crippen MR) is 107 cm³/mol. The zero-order valence-electron chi connectivity index (χ0n) is 15.7. The standard InChI is InChI=1S/C21H20N4O3/c1-24-21(27)20-17(23-24)12-19(26)25(13-15-7-3-4-9-22-15)18(20)11-14-6-5-8-16(10-14)28-2/h3-10,12,23H,11,13H2,1-2H3. The largest absolute Gasteiger partial charge is 0.497 e. The van der Waals surface area contributed by atoms with Crippen LogP contribution in [0, 0.1) is 0 Å². The quantitative estimate of drug-likeness (QED) is 0.578. The van der Waals surface area contributed by atoms with Crippen molar-refractivity contribution in [2.45, 2.75) is 13.0 Å². The van der Waals surface area contributed by atoms with Crippen molar-refractivity contribution in [3.8, 4) is 5.75 Å². The molecule has 0 atom stereocenters. The molecule has 1 N–H and O–H groups in total. The smallest absolute Gasteiger partial charge is 0.275 e. The van der Waals surface area contributed by atoms with Crippen molar-refractivity contribution >= 4 is 10.9 Å². The van der Waals surface area contributed by atoms with Crippen molar-refractivity contribution < 1.29 is 4.74 Å². The molecule has 28 heavy (non-hydrogen) atoms. The number of H-pyrrole nitrogens is 1. The zero-order valence-corrected chi connectivity index (χ0v) is 15.7. The molecule has 0 bridgehead atoms. The number of pyridine rings is 2. The maximum Gasteiger partial charge on any atom is 0.275 e. The maximum atomic E-state index is 12.9. The van der Waals surface area contributed by atoms with Crippen LogP contribution in [0.2, 0.25) is 0 Å². The molecule has 0 aliphatic heterocycles. The number of ether oxygens (including phenoxy) is 1. The minimum Gasteiger partial charge on any atom is -0.497 e. The van der Waals surface area contributed by atoms with Crippen molar-refractivity contribution in [3.63, 3.8) is 0 Å². The fraction of sp³-hybridized carbons (Fsp3) is 0.190. The predicted octanol–water partition coefficient (Wildman–Crippen LogP) is 2.07. The first-order valence-corrected chi connectivity index (χ1v) is 8.91. The fourth-order valence-electron chi connectivity index (χ4n) is 3.41. The van der Waals surface area contributed by atoms with Crippen LogP contribution in [-0.4, -0.2) is 26.4 Å². The Bertz CT molecular complexity index is 1250. The third kappa shape index (κ3) is 3.22. The Labute approximate surface area is 160 Å². The van der Waals surface area contributed by atoms with E-state index < -0.39 is 0 Å². The molecule has 0 aliphatic carbocycles. The van der Waals surface area contributed by atoms with Crippen molar-refractivity contribution in [2.75, 3.05) is 7.11 Å². The van der Waals surface area contributed by atoms with Gasteiger partial charge in [0.1, 0.15) is 5.75 Å². The number of hydrogen-bond donors (Lipinski definition) is 1. The molecule has 0 fully saturated rings. The lowest BCUT2D eigenvalue weighted by atomic mass is 10.1. The Morgan fingerprint density at radius 2 is 1.96 bits per heavy atom. The van der Waals surface area contributed by atoms with Crippen molar-refractivity contribution in [3.05, 3.63) is 92.4 Å². The van der Waals surface area contributed by atoms with Gasteiger partial charge in [-0.05, 0) is 29.8 Å². The highest BCUT2D eigenvalue weighted by Crippen LogP contribution is 2.20. The van der Waals surface area contributed by atoms with Crippen LogP contribution in [0.25, 0.3) is 10.9 Å². The molecular weight excluding hydrogens is 356 g/mol. The van der Waals surface area contributed by atoms with Crippen LogP contribution in [0.3, 0.4) is 0 Å². The van der Waals surface area contributed by atoms with Crippen LogP contribution in [0.5, 0.6) is 5.75 Å². The molecule has 0 radical (unpaired) electrons. The summed E-state index contributed by atoms with van der Waals surface area (Å²) in [6.07, 6.45) is 2.11. The van der Waals surface area contributed by atoms with Gasteiger partial charge in [0, 0.05) is 31.4 Å². The molecule has 0 unspecified atom stereocenters. The molecule has 1 aromatic carbocycles. The first-order chi connectivity index (χ1) is 13.6. The number of hydrogen-bond acceptors (Lipinski definition) is 4. The zero-order chi connectivity index (χ0) is 19.7. The topological polar surface area (TPSA) is 81.9 Å². The van der Waals surface area contributed by atoms with Gasteiger partial charge >= 0.3 is 0 Å². The van der Waals surface area contributed by atoms with Gasteiger partial charge in [0.25, 0.3) is 11.1 Å². The second-order valence-electron chi connectivity index (χ2n) is 6.63. The molecule has 0 saturated carbocycles. The summed E-state index contributed by atoms with van der Waals surface area (Å²) in [5.74, 6) is 0.727. The van der Waals surface area contributed by atoms with Gasteiger partial charge in [-0.2, -0.15) is 0 Å². The third-order valence-electron chi connectivity index (χ3n) is 4.78. The average molecular weight is 376 g/mol. The summed E-state index contributed by atoms with van der Waals surface area (Å²) in [6, 6.07) is 14.7. The lowest BCUT2D eigenvalue weighted by molar-refractivity contribution is 0.414. The number of nitrogens with zero attached hydrogens (tertiary/aromatic N) is 3. The van der Waals surface area contributed by atoms with E-state index in [1.807, 2.05) is 42.5 Å². The van der Waals surface area contributed by atoms with Crippen LogP contribution in [0.1, 0.15) is 17.0 Å². The summed E-state index contributed by atoms with van der Waals surface area (Å²) in [5.41, 5.74) is 2.55. The van der Waals surface area contributed by atoms with Gasteiger partial charge in [-0.1, -0.05) is 18.2 Å². The minimum absolute atomic E-state index is 0.164. The molecule has 0 spiro atoms. The van der Waals surface area contributed by atoms with Crippen molar-refractivity contribution in [2.24, 2.45) is 7.05 Å². The van der Waals surface area contributed by atoms with Crippen LogP contribution in [-0.2, 0) is 20.0 Å². The van der Waals surface area contributed by atoms with Gasteiger partial charge < -0.3 is 9.30 Å². The molecule has 142 valence electrons. The van der Waals surface area contributed by atoms with Crippen molar-refractivity contribution in [1.82, 2.24) is 19.3 Å². The number of rotatable bonds is 5. The molecule has 3 heterocycles. The van der Waals surface area contributed by atoms with Crippen LogP contribution in [0.4, 0.5) is 0 Å². The highest BCUT2D eigenvalue weighted by molar-refractivity contribution is 5.80. The van der Waals surface area contributed by atoms with E-state index in [4.69, 9.17) is 4.74 Å². The molecule has 0 saturated heterocycles. The molecule has 4 rings (SSSR count). The fourth-order valence-corrected chi connectivity index (χ4v) is 3.41. The molecule has 7 nitrogen and oxygen atoms in total. The van der Waals surface area contributed by atoms with Gasteiger partial charge in [0.05, 0.1) is 30.3 Å². The summed E-state index contributed by atoms with van der Waals surface area (Å²) < 4.78 is 8.32. The van der Waals surface area contributed by atoms with E-state index in [0.29, 0.717) is 29.6 Å². The maximum absolute atomic E-state index is 12.9. The summed E-state index contributed by atoms with van der Waals surface area (Å²) in [5, 5.41) is 3.47. The minimum atomic E-state index is -0.183. The molecule has 0 aliphatic rings. The summed E-state index contributed by atoms with van der Waals surface area (Å²) in [7, 11) is 3.25. The number of nitrogens with one attached hydrogen (secondary N) is 1. The number of benzene rings is 1. The van der Waals surface area contributed by atoms with Gasteiger partial charge in [-0.3, -0.25) is 24.4 Å². The normalized spacial score (nSPS) is 11.1. The lowest BCUT2D eigenvalue weighted by Crippen LogP contribution is -2.26. The highest BCUT2D eigenvalue weighted by Gasteiger charge is 2.17. The Morgan fingerprint density at radius 3 is 2.71 bits per heavy atom. The van der Waals surface area contributed by atoms with E-state index in [1.165, 1.54) is 10.7 Å². The number of aromatic nitrogens is 4. The molecule has 4 aromatic rings. The number of aryl methyl sites for hydroxylation is 1. The lowest BCUT2D eigenvalue weighted by Gasteiger charge is -2.14. The number of aromatic amines is 1. The Hall–Kier alpha value is -3.61. The van der Waals surface area contributed by atoms with E-state index in [0.717, 1.165) is 17.0 Å². The first-order valence-electron chi connectivity index (χ1n) is 8.91. The summed E-state index contributed by atoms with van der Waals surface area (Å²) in [4.78, 5) is 30.0. The van der Waals surface area contributed by atoms with Gasteiger partial charge in [-0.25, -0.2) is 0 Å². The number of fused-ring (bicyclic) bond motifs is 1. The van der Waals surface area contributed by atoms with E-state index in [9.17, 15) is 9.59 Å². The van der Waals surface area contributed by atoms with Crippen molar-refractivity contribution in [1.29, 1.82) is 0 Å². The Morgan fingerprint density at radius 1 is 1.11 bits per heavy atom. The molecule has 0 amide bonds. The molecule has 3 aromatic heterocycles. The Kier molecular flexibility index (Phi) is 4.57. The van der Waals surface area contributed by atoms with E-state index in [-0.39, 0.29) is 11.1 Å². The van der Waals surface area contributed by atoms with E-state index in [2.05, 4.69) is 10.1 Å². The summed E-state index contributed by atoms with van der Waals surface area (Å²) >= 11 is 0. The van der Waals surface area contributed by atoms with E-state index >= 15 is 0 Å². The monoisotopic (exact) mass is 376 g/mol. The van der Waals surface area contributed by atoms with Crippen LogP contribution < -0.4 is 15.9 Å². The third-order valence-corrected chi connectivity index (χ3v) is 4.78. The van der Waals surface area contributed by atoms with Crippen LogP contribution in [0.15, 0.2) is 64.3 Å². The first kappa shape index (κ1) is 17.8. The second kappa shape index (κ2) is 7.19. The van der Waals surface area contributed by atoms with Gasteiger partial charge in [-0.15, -0.1) is 0 Å². The molecule has 7 heteroatoms. The summed E-state index contributed by atoms with van der Waals surface area (Å²) in [6.45, 7) is 0.295. The average Bonchev–Trinajstić information content (AvgIpc) is 2.99.